The Bertz CT molecular complexity index is 645. The molecule has 0 aromatic heterocycles. The van der Waals surface area contributed by atoms with Gasteiger partial charge in [-0.05, 0) is 30.3 Å². The smallest absolute Gasteiger partial charge is 0.337 e. The molecule has 4 N–H and O–H groups in total. The van der Waals surface area contributed by atoms with Gasteiger partial charge >= 0.3 is 5.97 Å². The fourth-order valence-electron chi connectivity index (χ4n) is 1.58. The van der Waals surface area contributed by atoms with Gasteiger partial charge in [0.1, 0.15) is 0 Å². The van der Waals surface area contributed by atoms with Gasteiger partial charge in [-0.3, -0.25) is 0 Å². The van der Waals surface area contributed by atoms with Crippen LogP contribution >= 0.6 is 23.2 Å². The molecule has 0 atom stereocenters. The number of rotatable bonds is 3. The highest BCUT2D eigenvalue weighted by atomic mass is 35.5. The second-order valence-electron chi connectivity index (χ2n) is 3.83. The molecule has 0 amide bonds. The lowest BCUT2D eigenvalue weighted by molar-refractivity contribution is 0.0698. The predicted molar refractivity (Wildman–Crippen MR) is 77.6 cm³/mol. The Hall–Kier alpha value is -1.91. The average molecular weight is 297 g/mol. The fourth-order valence-corrected chi connectivity index (χ4v) is 1.92. The molecule has 0 aliphatic carbocycles. The molecule has 0 radical (unpaired) electrons. The zero-order valence-electron chi connectivity index (χ0n) is 9.65. The van der Waals surface area contributed by atoms with E-state index in [2.05, 4.69) is 5.32 Å². The number of hydrogen-bond donors (Lipinski definition) is 3. The molecule has 2 rings (SSSR count). The zero-order chi connectivity index (χ0) is 14.0. The number of carboxylic acids is 1. The summed E-state index contributed by atoms with van der Waals surface area (Å²) >= 11 is 11.9. The summed E-state index contributed by atoms with van der Waals surface area (Å²) < 4.78 is 0. The van der Waals surface area contributed by atoms with Crippen molar-refractivity contribution in [1.29, 1.82) is 0 Å². The van der Waals surface area contributed by atoms with Crippen molar-refractivity contribution in [2.75, 3.05) is 11.1 Å². The topological polar surface area (TPSA) is 75.3 Å². The molecule has 0 unspecified atom stereocenters. The van der Waals surface area contributed by atoms with Gasteiger partial charge in [0.25, 0.3) is 0 Å². The van der Waals surface area contributed by atoms with Crippen LogP contribution in [0.15, 0.2) is 36.4 Å². The minimum Gasteiger partial charge on any atom is -0.478 e. The maximum absolute atomic E-state index is 11.0. The summed E-state index contributed by atoms with van der Waals surface area (Å²) in [4.78, 5) is 11.0. The summed E-state index contributed by atoms with van der Waals surface area (Å²) in [5, 5.41) is 12.8. The highest BCUT2D eigenvalue weighted by Crippen LogP contribution is 2.32. The summed E-state index contributed by atoms with van der Waals surface area (Å²) in [5.74, 6) is -1.08. The van der Waals surface area contributed by atoms with Crippen LogP contribution in [0.25, 0.3) is 0 Å². The molecule has 0 fully saturated rings. The number of nitrogens with two attached hydrogens (primary N) is 1. The van der Waals surface area contributed by atoms with Crippen molar-refractivity contribution < 1.29 is 9.90 Å². The lowest BCUT2D eigenvalue weighted by Crippen LogP contribution is -2.03. The van der Waals surface area contributed by atoms with E-state index in [4.69, 9.17) is 34.0 Å². The van der Waals surface area contributed by atoms with E-state index in [9.17, 15) is 4.79 Å². The second kappa shape index (κ2) is 5.38. The van der Waals surface area contributed by atoms with E-state index in [1.165, 1.54) is 12.1 Å². The Morgan fingerprint density at radius 3 is 2.63 bits per heavy atom. The fraction of sp³-hybridized carbons (Fsp3) is 0. The van der Waals surface area contributed by atoms with Crippen LogP contribution in [0.5, 0.6) is 0 Å². The number of anilines is 3. The Morgan fingerprint density at radius 2 is 1.95 bits per heavy atom. The monoisotopic (exact) mass is 296 g/mol. The Labute approximate surface area is 119 Å². The number of nitrogen functional groups attached to an aromatic ring is 1. The van der Waals surface area contributed by atoms with Crippen LogP contribution in [-0.2, 0) is 0 Å². The molecule has 0 bridgehead atoms. The van der Waals surface area contributed by atoms with E-state index in [1.807, 2.05) is 0 Å². The van der Waals surface area contributed by atoms with E-state index in [0.29, 0.717) is 21.4 Å². The van der Waals surface area contributed by atoms with E-state index < -0.39 is 5.97 Å². The van der Waals surface area contributed by atoms with Gasteiger partial charge in [0.15, 0.2) is 0 Å². The SMILES string of the molecule is Nc1ccc(Nc2cccc(Cl)c2Cl)cc1C(=O)O. The summed E-state index contributed by atoms with van der Waals surface area (Å²) in [6.45, 7) is 0. The molecule has 0 aliphatic rings. The molecule has 0 heterocycles. The van der Waals surface area contributed by atoms with Crippen LogP contribution in [0, 0.1) is 0 Å². The van der Waals surface area contributed by atoms with Crippen molar-refractivity contribution in [3.05, 3.63) is 52.0 Å². The highest BCUT2D eigenvalue weighted by Gasteiger charge is 2.10. The minimum atomic E-state index is -1.08. The number of carbonyl (C=O) groups is 1. The van der Waals surface area contributed by atoms with E-state index in [1.54, 1.807) is 24.3 Å². The molecule has 19 heavy (non-hydrogen) atoms. The molecule has 0 spiro atoms. The first-order chi connectivity index (χ1) is 8.99. The van der Waals surface area contributed by atoms with Crippen LogP contribution in [-0.4, -0.2) is 11.1 Å². The van der Waals surface area contributed by atoms with Crippen molar-refractivity contribution in [3.8, 4) is 0 Å². The third-order valence-corrected chi connectivity index (χ3v) is 3.33. The number of halogens is 2. The lowest BCUT2D eigenvalue weighted by Gasteiger charge is -2.10. The first-order valence-corrected chi connectivity index (χ1v) is 6.08. The highest BCUT2D eigenvalue weighted by molar-refractivity contribution is 6.43. The van der Waals surface area contributed by atoms with Gasteiger partial charge in [0, 0.05) is 11.4 Å². The second-order valence-corrected chi connectivity index (χ2v) is 4.62. The van der Waals surface area contributed by atoms with Crippen molar-refractivity contribution in [3.63, 3.8) is 0 Å². The maximum atomic E-state index is 11.0. The summed E-state index contributed by atoms with van der Waals surface area (Å²) in [6.07, 6.45) is 0. The molecule has 6 heteroatoms. The van der Waals surface area contributed by atoms with Gasteiger partial charge < -0.3 is 16.2 Å². The predicted octanol–water partition coefficient (Wildman–Crippen LogP) is 4.02. The largest absolute Gasteiger partial charge is 0.478 e. The van der Waals surface area contributed by atoms with E-state index in [0.717, 1.165) is 0 Å². The quantitative estimate of drug-likeness (QED) is 0.748. The van der Waals surface area contributed by atoms with Crippen LogP contribution in [0.2, 0.25) is 10.0 Å². The zero-order valence-corrected chi connectivity index (χ0v) is 11.2. The normalized spacial score (nSPS) is 10.2. The van der Waals surface area contributed by atoms with Crippen molar-refractivity contribution in [1.82, 2.24) is 0 Å². The number of hydrogen-bond acceptors (Lipinski definition) is 3. The first kappa shape index (κ1) is 13.5. The number of carboxylic acid groups (broad SMARTS) is 1. The Kier molecular flexibility index (Phi) is 3.83. The summed E-state index contributed by atoms with van der Waals surface area (Å²) in [5.41, 5.74) is 6.97. The molecule has 2 aromatic carbocycles. The van der Waals surface area contributed by atoms with E-state index in [-0.39, 0.29) is 11.3 Å². The van der Waals surface area contributed by atoms with Gasteiger partial charge in [0.05, 0.1) is 21.3 Å². The third kappa shape index (κ3) is 2.92. The van der Waals surface area contributed by atoms with Gasteiger partial charge in [0.2, 0.25) is 0 Å². The van der Waals surface area contributed by atoms with Gasteiger partial charge in [-0.15, -0.1) is 0 Å². The molecule has 0 aliphatic heterocycles. The molecular formula is C13H10Cl2N2O2. The van der Waals surface area contributed by atoms with Crippen LogP contribution in [0.4, 0.5) is 17.1 Å². The summed E-state index contributed by atoms with van der Waals surface area (Å²) in [7, 11) is 0. The standard InChI is InChI=1S/C13H10Cl2N2O2/c14-9-2-1-3-11(12(9)15)17-7-4-5-10(16)8(6-7)13(18)19/h1-6,17H,16H2,(H,18,19). The minimum absolute atomic E-state index is 0.0307. The number of nitrogens with one attached hydrogen (secondary N) is 1. The molecule has 2 aromatic rings. The number of aromatic carboxylic acids is 1. The van der Waals surface area contributed by atoms with E-state index >= 15 is 0 Å². The van der Waals surface area contributed by atoms with Crippen LogP contribution in [0.1, 0.15) is 10.4 Å². The Morgan fingerprint density at radius 1 is 1.21 bits per heavy atom. The van der Waals surface area contributed by atoms with Gasteiger partial charge in [-0.1, -0.05) is 29.3 Å². The van der Waals surface area contributed by atoms with Gasteiger partial charge in [-0.2, -0.15) is 0 Å². The number of benzene rings is 2. The summed E-state index contributed by atoms with van der Waals surface area (Å²) in [6, 6.07) is 9.77. The van der Waals surface area contributed by atoms with Crippen LogP contribution in [0.3, 0.4) is 0 Å². The average Bonchev–Trinajstić information content (AvgIpc) is 2.37. The molecule has 0 saturated heterocycles. The Balaban J connectivity index is 2.36. The molecule has 4 nitrogen and oxygen atoms in total. The van der Waals surface area contributed by atoms with Gasteiger partial charge in [-0.25, -0.2) is 4.79 Å². The van der Waals surface area contributed by atoms with Crippen LogP contribution < -0.4 is 11.1 Å². The van der Waals surface area contributed by atoms with Crippen molar-refractivity contribution >= 4 is 46.2 Å². The molecule has 98 valence electrons. The molecule has 0 saturated carbocycles. The maximum Gasteiger partial charge on any atom is 0.337 e. The van der Waals surface area contributed by atoms with Crippen molar-refractivity contribution in [2.45, 2.75) is 0 Å². The lowest BCUT2D eigenvalue weighted by atomic mass is 10.1. The first-order valence-electron chi connectivity index (χ1n) is 5.33. The van der Waals surface area contributed by atoms with Crippen molar-refractivity contribution in [2.24, 2.45) is 0 Å². The third-order valence-electron chi connectivity index (χ3n) is 2.51. The molecular weight excluding hydrogens is 287 g/mol.